The van der Waals surface area contributed by atoms with Gasteiger partial charge in [0.25, 0.3) is 5.91 Å². The molecule has 1 N–H and O–H groups in total. The number of carbonyl (C=O) groups is 2. The molecule has 0 aliphatic heterocycles. The minimum Gasteiger partial charge on any atom is -0.456 e. The number of amides is 1. The van der Waals surface area contributed by atoms with Crippen LogP contribution < -0.4 is 5.32 Å². The van der Waals surface area contributed by atoms with E-state index in [1.165, 1.54) is 18.3 Å². The summed E-state index contributed by atoms with van der Waals surface area (Å²) in [5.41, 5.74) is 2.41. The Kier molecular flexibility index (Phi) is 6.73. The van der Waals surface area contributed by atoms with Gasteiger partial charge < -0.3 is 14.5 Å². The maximum atomic E-state index is 13.0. The molecule has 7 heteroatoms. The van der Waals surface area contributed by atoms with E-state index in [-0.39, 0.29) is 25.3 Å². The van der Waals surface area contributed by atoms with Gasteiger partial charge in [-0.05, 0) is 42.3 Å². The van der Waals surface area contributed by atoms with Crippen LogP contribution in [0.3, 0.4) is 0 Å². The second kappa shape index (κ2) is 9.64. The number of carbonyl (C=O) groups excluding carboxylic acids is 2. The third kappa shape index (κ3) is 5.75. The number of anilines is 1. The maximum Gasteiger partial charge on any atom is 0.306 e. The molecule has 3 rings (SSSR count). The maximum absolute atomic E-state index is 13.0. The molecule has 0 radical (unpaired) electrons. The first-order chi connectivity index (χ1) is 14.0. The van der Waals surface area contributed by atoms with E-state index < -0.39 is 11.9 Å². The Hall–Kier alpha value is -3.48. The summed E-state index contributed by atoms with van der Waals surface area (Å²) in [6, 6.07) is 13.3. The van der Waals surface area contributed by atoms with Gasteiger partial charge in [-0.1, -0.05) is 25.1 Å². The van der Waals surface area contributed by atoms with Gasteiger partial charge >= 0.3 is 5.97 Å². The molecular weight excluding hydrogens is 375 g/mol. The standard InChI is InChI=1S/C22H21FN2O4/c1-2-15-5-3-4-6-18(15)25-20(26)14-28-22(27)12-11-21-24-13-19(29-21)16-7-9-17(23)10-8-16/h3-10,13H,2,11-12,14H2,1H3,(H,25,26). The molecular formula is C22H21FN2O4. The van der Waals surface area contributed by atoms with Crippen LogP contribution in [0.2, 0.25) is 0 Å². The van der Waals surface area contributed by atoms with E-state index in [1.54, 1.807) is 18.2 Å². The van der Waals surface area contributed by atoms with E-state index in [0.717, 1.165) is 12.0 Å². The van der Waals surface area contributed by atoms with Crippen molar-refractivity contribution in [2.24, 2.45) is 0 Å². The Morgan fingerprint density at radius 1 is 1.14 bits per heavy atom. The minimum absolute atomic E-state index is 0.0300. The molecule has 1 heterocycles. The molecule has 0 unspecified atom stereocenters. The second-order valence-electron chi connectivity index (χ2n) is 6.34. The van der Waals surface area contributed by atoms with Crippen LogP contribution in [0.15, 0.2) is 59.1 Å². The van der Waals surface area contributed by atoms with E-state index in [4.69, 9.17) is 9.15 Å². The van der Waals surface area contributed by atoms with Gasteiger partial charge in [-0.2, -0.15) is 0 Å². The molecule has 0 aliphatic rings. The van der Waals surface area contributed by atoms with Gasteiger partial charge in [-0.3, -0.25) is 9.59 Å². The molecule has 0 saturated carbocycles. The number of esters is 1. The van der Waals surface area contributed by atoms with Crippen LogP contribution >= 0.6 is 0 Å². The summed E-state index contributed by atoms with van der Waals surface area (Å²) < 4.78 is 23.6. The zero-order valence-corrected chi connectivity index (χ0v) is 16.0. The van der Waals surface area contributed by atoms with Gasteiger partial charge in [0.15, 0.2) is 18.3 Å². The quantitative estimate of drug-likeness (QED) is 0.578. The number of aromatic nitrogens is 1. The number of para-hydroxylation sites is 1. The second-order valence-corrected chi connectivity index (χ2v) is 6.34. The van der Waals surface area contributed by atoms with Crippen molar-refractivity contribution >= 4 is 17.6 Å². The lowest BCUT2D eigenvalue weighted by atomic mass is 10.1. The lowest BCUT2D eigenvalue weighted by Crippen LogP contribution is -2.21. The van der Waals surface area contributed by atoms with Crippen LogP contribution in [0, 0.1) is 5.82 Å². The largest absolute Gasteiger partial charge is 0.456 e. The van der Waals surface area contributed by atoms with Crippen LogP contribution in [0.25, 0.3) is 11.3 Å². The topological polar surface area (TPSA) is 81.4 Å². The SMILES string of the molecule is CCc1ccccc1NC(=O)COC(=O)CCc1ncc(-c2ccc(F)cc2)o1. The number of hydrogen-bond acceptors (Lipinski definition) is 5. The van der Waals surface area contributed by atoms with Crippen molar-refractivity contribution in [2.45, 2.75) is 26.2 Å². The Bertz CT molecular complexity index is 982. The van der Waals surface area contributed by atoms with Gasteiger partial charge in [0.2, 0.25) is 0 Å². The Morgan fingerprint density at radius 3 is 2.66 bits per heavy atom. The van der Waals surface area contributed by atoms with Crippen LogP contribution in [0.5, 0.6) is 0 Å². The van der Waals surface area contributed by atoms with Gasteiger partial charge in [-0.15, -0.1) is 0 Å². The normalized spacial score (nSPS) is 10.6. The molecule has 29 heavy (non-hydrogen) atoms. The summed E-state index contributed by atoms with van der Waals surface area (Å²) in [5.74, 6) is -0.400. The van der Waals surface area contributed by atoms with Crippen molar-refractivity contribution in [3.05, 3.63) is 72.0 Å². The van der Waals surface area contributed by atoms with Crippen LogP contribution in [0.1, 0.15) is 24.8 Å². The van der Waals surface area contributed by atoms with Crippen LogP contribution in [0.4, 0.5) is 10.1 Å². The molecule has 0 fully saturated rings. The fourth-order valence-electron chi connectivity index (χ4n) is 2.74. The number of halogens is 1. The number of rotatable bonds is 8. The van der Waals surface area contributed by atoms with Gasteiger partial charge in [0, 0.05) is 17.7 Å². The van der Waals surface area contributed by atoms with E-state index in [0.29, 0.717) is 22.9 Å². The summed E-state index contributed by atoms with van der Waals surface area (Å²) in [5, 5.41) is 2.74. The average Bonchev–Trinajstić information content (AvgIpc) is 3.21. The monoisotopic (exact) mass is 396 g/mol. The minimum atomic E-state index is -0.523. The lowest BCUT2D eigenvalue weighted by Gasteiger charge is -2.09. The number of nitrogens with one attached hydrogen (secondary N) is 1. The molecule has 0 bridgehead atoms. The molecule has 1 aromatic heterocycles. The van der Waals surface area contributed by atoms with Gasteiger partial charge in [0.1, 0.15) is 5.82 Å². The first-order valence-corrected chi connectivity index (χ1v) is 9.29. The third-order valence-corrected chi connectivity index (χ3v) is 4.26. The summed E-state index contributed by atoms with van der Waals surface area (Å²) in [6.45, 7) is 1.64. The molecule has 0 aliphatic carbocycles. The zero-order valence-electron chi connectivity index (χ0n) is 16.0. The smallest absolute Gasteiger partial charge is 0.306 e. The highest BCUT2D eigenvalue weighted by Gasteiger charge is 2.12. The molecule has 0 saturated heterocycles. The van der Waals surface area contributed by atoms with E-state index in [2.05, 4.69) is 10.3 Å². The molecule has 0 atom stereocenters. The van der Waals surface area contributed by atoms with E-state index in [1.807, 2.05) is 25.1 Å². The molecule has 2 aromatic carbocycles. The third-order valence-electron chi connectivity index (χ3n) is 4.26. The number of nitrogens with zero attached hydrogens (tertiary/aromatic N) is 1. The first kappa shape index (κ1) is 20.3. The van der Waals surface area contributed by atoms with Gasteiger partial charge in [0.05, 0.1) is 12.6 Å². The predicted molar refractivity (Wildman–Crippen MR) is 106 cm³/mol. The number of benzene rings is 2. The highest BCUT2D eigenvalue weighted by molar-refractivity contribution is 5.93. The summed E-state index contributed by atoms with van der Waals surface area (Å²) in [7, 11) is 0. The van der Waals surface area contributed by atoms with Crippen LogP contribution in [-0.4, -0.2) is 23.5 Å². The Balaban J connectivity index is 1.44. The van der Waals surface area contributed by atoms with Crippen molar-refractivity contribution < 1.29 is 23.1 Å². The van der Waals surface area contributed by atoms with E-state index >= 15 is 0 Å². The number of aryl methyl sites for hydroxylation is 2. The summed E-state index contributed by atoms with van der Waals surface area (Å²) in [4.78, 5) is 28.0. The molecule has 150 valence electrons. The Morgan fingerprint density at radius 2 is 1.90 bits per heavy atom. The van der Waals surface area contributed by atoms with E-state index in [9.17, 15) is 14.0 Å². The van der Waals surface area contributed by atoms with Crippen molar-refractivity contribution in [1.82, 2.24) is 4.98 Å². The molecule has 1 amide bonds. The van der Waals surface area contributed by atoms with Crippen molar-refractivity contribution in [2.75, 3.05) is 11.9 Å². The first-order valence-electron chi connectivity index (χ1n) is 9.29. The number of ether oxygens (including phenoxy) is 1. The highest BCUT2D eigenvalue weighted by Crippen LogP contribution is 2.21. The van der Waals surface area contributed by atoms with Crippen LogP contribution in [-0.2, 0) is 27.2 Å². The molecule has 6 nitrogen and oxygen atoms in total. The van der Waals surface area contributed by atoms with Crippen molar-refractivity contribution in [3.8, 4) is 11.3 Å². The lowest BCUT2D eigenvalue weighted by molar-refractivity contribution is -0.147. The number of oxazole rings is 1. The fourth-order valence-corrected chi connectivity index (χ4v) is 2.74. The highest BCUT2D eigenvalue weighted by atomic mass is 19.1. The predicted octanol–water partition coefficient (Wildman–Crippen LogP) is 4.16. The van der Waals surface area contributed by atoms with Crippen molar-refractivity contribution in [3.63, 3.8) is 0 Å². The number of hydrogen-bond donors (Lipinski definition) is 1. The fraction of sp³-hybridized carbons (Fsp3) is 0.227. The van der Waals surface area contributed by atoms with Gasteiger partial charge in [-0.25, -0.2) is 9.37 Å². The Labute approximate surface area is 167 Å². The summed E-state index contributed by atoms with van der Waals surface area (Å²) in [6.07, 6.45) is 2.57. The molecule has 3 aromatic rings. The average molecular weight is 396 g/mol. The zero-order chi connectivity index (χ0) is 20.6. The summed E-state index contributed by atoms with van der Waals surface area (Å²) >= 11 is 0. The molecule has 0 spiro atoms. The van der Waals surface area contributed by atoms with Crippen molar-refractivity contribution in [1.29, 1.82) is 0 Å².